The Labute approximate surface area is 52.9 Å². The zero-order valence-electron chi connectivity index (χ0n) is 4.20. The van der Waals surface area contributed by atoms with Crippen LogP contribution in [0.4, 0.5) is 0 Å². The van der Waals surface area contributed by atoms with E-state index in [0.29, 0.717) is 0 Å². The van der Waals surface area contributed by atoms with Crippen LogP contribution in [0.25, 0.3) is 0 Å². The molecule has 1 saturated heterocycles. The third-order valence-electron chi connectivity index (χ3n) is 0.808. The number of hydrogen-bond donors (Lipinski definition) is 0. The van der Waals surface area contributed by atoms with Crippen molar-refractivity contribution < 1.29 is 13.6 Å². The molecule has 1 aliphatic heterocycles. The van der Waals surface area contributed by atoms with Crippen molar-refractivity contribution in [2.75, 3.05) is 0 Å². The molecule has 1 fully saturated rings. The Hall–Kier alpha value is 0.310. The van der Waals surface area contributed by atoms with Gasteiger partial charge in [0.25, 0.3) is 0 Å². The fourth-order valence-electron chi connectivity index (χ4n) is 0.376. The predicted octanol–water partition coefficient (Wildman–Crippen LogP) is 1.64. The summed E-state index contributed by atoms with van der Waals surface area (Å²) in [6.45, 7) is 1.71. The molecule has 8 heavy (non-hydrogen) atoms. The fraction of sp³-hybridized carbons (Fsp3) is 1.00. The topological polar surface area (TPSA) is 35.5 Å². The van der Waals surface area contributed by atoms with E-state index in [1.54, 1.807) is 6.92 Å². The van der Waals surface area contributed by atoms with E-state index < -0.39 is 13.8 Å². The molecular weight excluding hydrogens is 150 g/mol. The van der Waals surface area contributed by atoms with Gasteiger partial charge in [-0.25, -0.2) is 0 Å². The monoisotopic (exact) mass is 155 g/mol. The highest BCUT2D eigenvalue weighted by Gasteiger charge is 2.43. The molecule has 0 saturated carbocycles. The molecule has 0 bridgehead atoms. The molecule has 0 spiro atoms. The van der Waals surface area contributed by atoms with Gasteiger partial charge in [-0.3, -0.25) is 0 Å². The molecular formula is C3H5ClO3P+. The molecule has 5 heteroatoms. The summed E-state index contributed by atoms with van der Waals surface area (Å²) >= 11 is 5.43. The van der Waals surface area contributed by atoms with Gasteiger partial charge in [-0.2, -0.15) is 0 Å². The van der Waals surface area contributed by atoms with Gasteiger partial charge in [-0.05, 0) is 6.92 Å². The van der Waals surface area contributed by atoms with Crippen LogP contribution in [0.3, 0.4) is 0 Å². The first-order valence-electron chi connectivity index (χ1n) is 2.15. The van der Waals surface area contributed by atoms with Crippen LogP contribution in [0.1, 0.15) is 6.92 Å². The van der Waals surface area contributed by atoms with E-state index in [4.69, 9.17) is 11.6 Å². The molecule has 0 amide bonds. The molecule has 46 valence electrons. The van der Waals surface area contributed by atoms with Gasteiger partial charge < -0.3 is 0 Å². The summed E-state index contributed by atoms with van der Waals surface area (Å²) in [5.74, 6) is 0. The smallest absolute Gasteiger partial charge is 0.112 e. The minimum atomic E-state index is -1.93. The van der Waals surface area contributed by atoms with E-state index in [1.807, 2.05) is 0 Å². The van der Waals surface area contributed by atoms with Crippen LogP contribution in [0.15, 0.2) is 0 Å². The Morgan fingerprint density at radius 1 is 1.62 bits per heavy atom. The molecule has 0 aromatic heterocycles. The van der Waals surface area contributed by atoms with Crippen molar-refractivity contribution in [3.8, 4) is 0 Å². The number of hydrogen-bond acceptors (Lipinski definition) is 3. The van der Waals surface area contributed by atoms with Gasteiger partial charge in [-0.1, -0.05) is 16.1 Å². The first-order chi connectivity index (χ1) is 3.70. The SMILES string of the molecule is CC1O[P+](=O)OC1Cl. The van der Waals surface area contributed by atoms with Crippen molar-refractivity contribution in [2.24, 2.45) is 0 Å². The molecule has 1 heterocycles. The van der Waals surface area contributed by atoms with Crippen LogP contribution in [0, 0.1) is 0 Å². The van der Waals surface area contributed by atoms with Gasteiger partial charge in [0.05, 0.1) is 0 Å². The van der Waals surface area contributed by atoms with Crippen molar-refractivity contribution in [2.45, 2.75) is 18.6 Å². The zero-order chi connectivity index (χ0) is 6.15. The largest absolute Gasteiger partial charge is 0.699 e. The number of rotatable bonds is 0. The minimum absolute atomic E-state index is 0.250. The van der Waals surface area contributed by atoms with E-state index in [1.165, 1.54) is 0 Å². The Kier molecular flexibility index (Phi) is 1.83. The lowest BCUT2D eigenvalue weighted by molar-refractivity contribution is 0.234. The lowest BCUT2D eigenvalue weighted by atomic mass is 10.4. The van der Waals surface area contributed by atoms with Gasteiger partial charge in [0.2, 0.25) is 5.56 Å². The van der Waals surface area contributed by atoms with Crippen molar-refractivity contribution in [3.63, 3.8) is 0 Å². The summed E-state index contributed by atoms with van der Waals surface area (Å²) in [7, 11) is -1.93. The molecule has 0 aliphatic carbocycles. The average Bonchev–Trinajstić information content (AvgIpc) is 1.85. The van der Waals surface area contributed by atoms with E-state index in [2.05, 4.69) is 9.05 Å². The highest BCUT2D eigenvalue weighted by atomic mass is 35.5. The molecule has 0 aromatic rings. The molecule has 0 N–H and O–H groups in total. The van der Waals surface area contributed by atoms with E-state index in [-0.39, 0.29) is 6.10 Å². The maximum absolute atomic E-state index is 10.3. The number of alkyl halides is 1. The summed E-state index contributed by atoms with van der Waals surface area (Å²) < 4.78 is 19.4. The zero-order valence-corrected chi connectivity index (χ0v) is 5.85. The summed E-state index contributed by atoms with van der Waals surface area (Å²) in [4.78, 5) is 0. The predicted molar refractivity (Wildman–Crippen MR) is 28.9 cm³/mol. The Morgan fingerprint density at radius 2 is 2.25 bits per heavy atom. The van der Waals surface area contributed by atoms with Gasteiger partial charge in [0.15, 0.2) is 6.10 Å². The van der Waals surface area contributed by atoms with Gasteiger partial charge in [0.1, 0.15) is 0 Å². The minimum Gasteiger partial charge on any atom is -0.112 e. The number of halogens is 1. The lowest BCUT2D eigenvalue weighted by Gasteiger charge is -1.91. The standard InChI is InChI=1S/C3H5ClO3P/c1-2-3(4)7-8(5)6-2/h2-3H,1H3/q+1. The molecule has 0 radical (unpaired) electrons. The highest BCUT2D eigenvalue weighted by molar-refractivity contribution is 7.33. The lowest BCUT2D eigenvalue weighted by Crippen LogP contribution is -2.10. The Morgan fingerprint density at radius 3 is 2.38 bits per heavy atom. The molecule has 3 nitrogen and oxygen atoms in total. The van der Waals surface area contributed by atoms with Crippen LogP contribution >= 0.6 is 19.9 Å². The second-order valence-electron chi connectivity index (χ2n) is 1.49. The molecule has 0 aromatic carbocycles. The molecule has 1 aliphatic rings. The molecule has 3 unspecified atom stereocenters. The first kappa shape index (κ1) is 6.43. The summed E-state index contributed by atoms with van der Waals surface area (Å²) in [6, 6.07) is 0. The third-order valence-corrected chi connectivity index (χ3v) is 2.28. The average molecular weight is 155 g/mol. The molecule has 1 rings (SSSR count). The van der Waals surface area contributed by atoms with Crippen LogP contribution in [-0.2, 0) is 13.6 Å². The second kappa shape index (κ2) is 2.28. The quantitative estimate of drug-likeness (QED) is 0.394. The summed E-state index contributed by atoms with van der Waals surface area (Å²) in [5.41, 5.74) is -0.543. The summed E-state index contributed by atoms with van der Waals surface area (Å²) in [5, 5.41) is 0. The Bertz CT molecular complexity index is 105. The van der Waals surface area contributed by atoms with Crippen LogP contribution in [0.2, 0.25) is 0 Å². The van der Waals surface area contributed by atoms with Crippen molar-refractivity contribution in [3.05, 3.63) is 0 Å². The Balaban J connectivity index is 2.51. The maximum atomic E-state index is 10.3. The molecule has 3 atom stereocenters. The van der Waals surface area contributed by atoms with Gasteiger partial charge >= 0.3 is 8.25 Å². The van der Waals surface area contributed by atoms with Crippen LogP contribution in [-0.4, -0.2) is 11.7 Å². The fourth-order valence-corrected chi connectivity index (χ4v) is 1.46. The maximum Gasteiger partial charge on any atom is 0.699 e. The van der Waals surface area contributed by atoms with Crippen molar-refractivity contribution in [1.82, 2.24) is 0 Å². The van der Waals surface area contributed by atoms with E-state index >= 15 is 0 Å². The van der Waals surface area contributed by atoms with Crippen LogP contribution in [0.5, 0.6) is 0 Å². The van der Waals surface area contributed by atoms with Crippen molar-refractivity contribution in [1.29, 1.82) is 0 Å². The van der Waals surface area contributed by atoms with E-state index in [0.717, 1.165) is 0 Å². The van der Waals surface area contributed by atoms with Crippen molar-refractivity contribution >= 4 is 19.9 Å². The second-order valence-corrected chi connectivity index (χ2v) is 2.79. The normalized spacial score (nSPS) is 43.0. The first-order valence-corrected chi connectivity index (χ1v) is 3.68. The third kappa shape index (κ3) is 1.17. The summed E-state index contributed by atoms with van der Waals surface area (Å²) in [6.07, 6.45) is -0.250. The van der Waals surface area contributed by atoms with Crippen LogP contribution < -0.4 is 0 Å². The van der Waals surface area contributed by atoms with Gasteiger partial charge in [-0.15, -0.1) is 4.52 Å². The van der Waals surface area contributed by atoms with Gasteiger partial charge in [0, 0.05) is 4.57 Å². The highest BCUT2D eigenvalue weighted by Crippen LogP contribution is 2.39. The van der Waals surface area contributed by atoms with E-state index in [9.17, 15) is 4.57 Å².